The number of hydrogen-bond acceptors (Lipinski definition) is 4. The van der Waals surface area contributed by atoms with E-state index in [1.807, 2.05) is 36.1 Å². The number of likely N-dealkylation sites (N-methyl/N-ethyl adjacent to an activating group) is 1. The summed E-state index contributed by atoms with van der Waals surface area (Å²) in [5, 5.41) is 8.69. The quantitative estimate of drug-likeness (QED) is 0.741. The molecule has 1 aliphatic rings. The van der Waals surface area contributed by atoms with Crippen molar-refractivity contribution < 1.29 is 9.47 Å². The number of nitriles is 1. The Morgan fingerprint density at radius 1 is 1.41 bits per heavy atom. The molecule has 1 aromatic carbocycles. The van der Waals surface area contributed by atoms with Gasteiger partial charge >= 0.3 is 0 Å². The summed E-state index contributed by atoms with van der Waals surface area (Å²) in [4.78, 5) is 2.04. The fourth-order valence-electron chi connectivity index (χ4n) is 1.85. The van der Waals surface area contributed by atoms with Crippen LogP contribution in [0.4, 0.5) is 0 Å². The van der Waals surface area contributed by atoms with Gasteiger partial charge in [-0.2, -0.15) is 5.26 Å². The third kappa shape index (κ3) is 2.89. The molecule has 0 aromatic heterocycles. The zero-order valence-electron chi connectivity index (χ0n) is 9.93. The van der Waals surface area contributed by atoms with E-state index in [1.165, 1.54) is 0 Å². The van der Waals surface area contributed by atoms with E-state index in [4.69, 9.17) is 14.7 Å². The van der Waals surface area contributed by atoms with Crippen molar-refractivity contribution in [3.63, 3.8) is 0 Å². The molecule has 0 radical (unpaired) electrons. The largest absolute Gasteiger partial charge is 0.486 e. The normalized spacial score (nSPS) is 17.8. The lowest BCUT2D eigenvalue weighted by molar-refractivity contribution is 0.0635. The molecule has 4 nitrogen and oxygen atoms in total. The van der Waals surface area contributed by atoms with Crippen molar-refractivity contribution in [2.24, 2.45) is 0 Å². The maximum Gasteiger partial charge on any atom is 0.161 e. The number of ether oxygens (including phenoxy) is 2. The number of hydrogen-bond donors (Lipinski definition) is 0. The topological polar surface area (TPSA) is 45.5 Å². The van der Waals surface area contributed by atoms with Crippen molar-refractivity contribution in [1.29, 1.82) is 5.26 Å². The average Bonchev–Trinajstić information content (AvgIpc) is 2.38. The highest BCUT2D eigenvalue weighted by atomic mass is 16.6. The molecule has 1 unspecified atom stereocenters. The number of benzene rings is 1. The zero-order valence-corrected chi connectivity index (χ0v) is 9.93. The van der Waals surface area contributed by atoms with E-state index in [1.54, 1.807) is 0 Å². The Hall–Kier alpha value is -1.73. The Labute approximate surface area is 101 Å². The second-order valence-corrected chi connectivity index (χ2v) is 3.98. The minimum absolute atomic E-state index is 0.00167. The lowest BCUT2D eigenvalue weighted by Crippen LogP contribution is -2.41. The van der Waals surface area contributed by atoms with Crippen molar-refractivity contribution in [2.45, 2.75) is 13.0 Å². The lowest BCUT2D eigenvalue weighted by atomic mass is 10.2. The van der Waals surface area contributed by atoms with Crippen LogP contribution in [0.1, 0.15) is 6.92 Å². The molecule has 1 aromatic rings. The number of rotatable bonds is 4. The first-order valence-corrected chi connectivity index (χ1v) is 5.81. The maximum atomic E-state index is 8.69. The van der Waals surface area contributed by atoms with Crippen molar-refractivity contribution in [2.75, 3.05) is 26.2 Å². The van der Waals surface area contributed by atoms with E-state index in [2.05, 4.69) is 6.07 Å². The van der Waals surface area contributed by atoms with Gasteiger partial charge in [0, 0.05) is 6.54 Å². The molecule has 0 saturated carbocycles. The molecule has 17 heavy (non-hydrogen) atoms. The van der Waals surface area contributed by atoms with Crippen LogP contribution in [-0.4, -0.2) is 37.2 Å². The van der Waals surface area contributed by atoms with Gasteiger partial charge in [0.05, 0.1) is 12.6 Å². The highest BCUT2D eigenvalue weighted by molar-refractivity contribution is 5.40. The predicted octanol–water partition coefficient (Wildman–Crippen LogP) is 1.67. The molecule has 0 amide bonds. The number of nitrogens with zero attached hydrogens (tertiary/aromatic N) is 2. The van der Waals surface area contributed by atoms with Gasteiger partial charge in [-0.3, -0.25) is 4.90 Å². The Morgan fingerprint density at radius 3 is 2.88 bits per heavy atom. The molecule has 0 saturated heterocycles. The molecule has 0 N–H and O–H groups in total. The first-order valence-electron chi connectivity index (χ1n) is 5.81. The van der Waals surface area contributed by atoms with Crippen LogP contribution >= 0.6 is 0 Å². The van der Waals surface area contributed by atoms with Crippen LogP contribution in [0.3, 0.4) is 0 Å². The summed E-state index contributed by atoms with van der Waals surface area (Å²) in [6.07, 6.45) is -0.00167. The van der Waals surface area contributed by atoms with E-state index in [-0.39, 0.29) is 6.10 Å². The zero-order chi connectivity index (χ0) is 12.1. The van der Waals surface area contributed by atoms with Crippen molar-refractivity contribution in [3.8, 4) is 17.6 Å². The molecule has 0 bridgehead atoms. The summed E-state index contributed by atoms with van der Waals surface area (Å²) >= 11 is 0. The van der Waals surface area contributed by atoms with Gasteiger partial charge in [0.2, 0.25) is 0 Å². The maximum absolute atomic E-state index is 8.69. The Morgan fingerprint density at radius 2 is 2.18 bits per heavy atom. The van der Waals surface area contributed by atoms with Crippen LogP contribution in [-0.2, 0) is 0 Å². The first kappa shape index (κ1) is 11.7. The van der Waals surface area contributed by atoms with Gasteiger partial charge in [-0.1, -0.05) is 19.1 Å². The minimum atomic E-state index is -0.00167. The fraction of sp³-hybridized carbons (Fsp3) is 0.462. The van der Waals surface area contributed by atoms with Gasteiger partial charge in [-0.15, -0.1) is 0 Å². The Balaban J connectivity index is 1.96. The van der Waals surface area contributed by atoms with E-state index in [9.17, 15) is 0 Å². The molecular weight excluding hydrogens is 216 g/mol. The molecule has 1 heterocycles. The van der Waals surface area contributed by atoms with Gasteiger partial charge in [-0.25, -0.2) is 0 Å². The smallest absolute Gasteiger partial charge is 0.161 e. The van der Waals surface area contributed by atoms with Crippen molar-refractivity contribution >= 4 is 0 Å². The molecule has 90 valence electrons. The summed E-state index contributed by atoms with van der Waals surface area (Å²) in [6, 6.07) is 9.82. The second kappa shape index (κ2) is 5.55. The van der Waals surface area contributed by atoms with Gasteiger partial charge < -0.3 is 9.47 Å². The van der Waals surface area contributed by atoms with E-state index < -0.39 is 0 Å². The van der Waals surface area contributed by atoms with Crippen LogP contribution in [0.25, 0.3) is 0 Å². The summed E-state index contributed by atoms with van der Waals surface area (Å²) in [7, 11) is 0. The van der Waals surface area contributed by atoms with Crippen molar-refractivity contribution in [3.05, 3.63) is 24.3 Å². The monoisotopic (exact) mass is 232 g/mol. The number of para-hydroxylation sites is 2. The van der Waals surface area contributed by atoms with Crippen LogP contribution < -0.4 is 9.47 Å². The molecule has 1 aliphatic heterocycles. The van der Waals surface area contributed by atoms with Gasteiger partial charge in [-0.05, 0) is 18.7 Å². The Kier molecular flexibility index (Phi) is 3.84. The molecule has 0 fully saturated rings. The molecular formula is C13H16N2O2. The summed E-state index contributed by atoms with van der Waals surface area (Å²) in [5.74, 6) is 1.59. The third-order valence-corrected chi connectivity index (χ3v) is 2.77. The lowest BCUT2D eigenvalue weighted by Gasteiger charge is -2.29. The summed E-state index contributed by atoms with van der Waals surface area (Å²) < 4.78 is 11.5. The predicted molar refractivity (Wildman–Crippen MR) is 64.1 cm³/mol. The molecule has 4 heteroatoms. The Bertz CT molecular complexity index is 414. The van der Waals surface area contributed by atoms with Crippen LogP contribution in [0.2, 0.25) is 0 Å². The molecule has 1 atom stereocenters. The van der Waals surface area contributed by atoms with Crippen LogP contribution in [0, 0.1) is 11.3 Å². The van der Waals surface area contributed by atoms with E-state index in [0.29, 0.717) is 13.2 Å². The highest BCUT2D eigenvalue weighted by Crippen LogP contribution is 2.30. The van der Waals surface area contributed by atoms with Crippen LogP contribution in [0.15, 0.2) is 24.3 Å². The van der Waals surface area contributed by atoms with E-state index >= 15 is 0 Å². The third-order valence-electron chi connectivity index (χ3n) is 2.77. The number of fused-ring (bicyclic) bond motifs is 1. The highest BCUT2D eigenvalue weighted by Gasteiger charge is 2.22. The van der Waals surface area contributed by atoms with Gasteiger partial charge in [0.15, 0.2) is 11.5 Å². The molecule has 0 aliphatic carbocycles. The van der Waals surface area contributed by atoms with E-state index in [0.717, 1.165) is 24.6 Å². The average molecular weight is 232 g/mol. The standard InChI is InChI=1S/C13H16N2O2/c1-2-15(8-7-14)9-11-10-16-12-5-3-4-6-13(12)17-11/h3-6,11H,2,8-10H2,1H3. The SMILES string of the molecule is CCN(CC#N)CC1COc2ccccc2O1. The van der Waals surface area contributed by atoms with Gasteiger partial charge in [0.25, 0.3) is 0 Å². The fourth-order valence-corrected chi connectivity index (χ4v) is 1.85. The van der Waals surface area contributed by atoms with Crippen LogP contribution in [0.5, 0.6) is 11.5 Å². The summed E-state index contributed by atoms with van der Waals surface area (Å²) in [6.45, 7) is 4.57. The van der Waals surface area contributed by atoms with Crippen molar-refractivity contribution in [1.82, 2.24) is 4.90 Å². The first-order chi connectivity index (χ1) is 8.33. The minimum Gasteiger partial charge on any atom is -0.486 e. The summed E-state index contributed by atoms with van der Waals surface area (Å²) in [5.41, 5.74) is 0. The van der Waals surface area contributed by atoms with Gasteiger partial charge in [0.1, 0.15) is 12.7 Å². The second-order valence-electron chi connectivity index (χ2n) is 3.98. The molecule has 0 spiro atoms. The molecule has 2 rings (SSSR count).